The van der Waals surface area contributed by atoms with E-state index in [9.17, 15) is 0 Å². The molecular weight excluding hydrogens is 252 g/mol. The van der Waals surface area contributed by atoms with E-state index in [2.05, 4.69) is 20.8 Å². The Morgan fingerprint density at radius 2 is 0.762 bits per heavy atom. The second-order valence-electron chi connectivity index (χ2n) is 7.28. The van der Waals surface area contributed by atoms with Gasteiger partial charge >= 0.3 is 0 Å². The first-order valence-corrected chi connectivity index (χ1v) is 10.3. The maximum absolute atomic E-state index is 2.44. The molecule has 0 aliphatic carbocycles. The smallest absolute Gasteiger partial charge is 0.0443 e. The molecule has 0 heterocycles. The quantitative estimate of drug-likeness (QED) is 0.237. The van der Waals surface area contributed by atoms with Crippen molar-refractivity contribution in [3.63, 3.8) is 0 Å². The summed E-state index contributed by atoms with van der Waals surface area (Å²) in [6.07, 6.45) is 24.8. The normalized spacial score (nSPS) is 12.7. The summed E-state index contributed by atoms with van der Waals surface area (Å²) < 4.78 is 0. The summed E-state index contributed by atoms with van der Waals surface area (Å²) in [5, 5.41) is 0. The zero-order chi connectivity index (χ0) is 15.6. The molecule has 21 heavy (non-hydrogen) atoms. The van der Waals surface area contributed by atoms with Gasteiger partial charge in [-0.05, 0) is 5.92 Å². The lowest BCUT2D eigenvalue weighted by Crippen LogP contribution is -1.94. The van der Waals surface area contributed by atoms with Gasteiger partial charge in [0, 0.05) is 0 Å². The number of unbranched alkanes of at least 4 members (excludes halogenated alkanes) is 13. The molecule has 128 valence electrons. The van der Waals surface area contributed by atoms with E-state index < -0.39 is 0 Å². The van der Waals surface area contributed by atoms with E-state index in [1.165, 1.54) is 109 Å². The lowest BCUT2D eigenvalue weighted by atomic mass is 9.97. The van der Waals surface area contributed by atoms with Crippen LogP contribution in [0.4, 0.5) is 0 Å². The molecule has 0 aromatic heterocycles. The summed E-state index contributed by atoms with van der Waals surface area (Å²) in [6.45, 7) is 7.04. The Kier molecular flexibility index (Phi) is 18.1. The van der Waals surface area contributed by atoms with Crippen LogP contribution in [0.2, 0.25) is 0 Å². The van der Waals surface area contributed by atoms with Crippen LogP contribution in [0.25, 0.3) is 0 Å². The van der Waals surface area contributed by atoms with E-state index in [0.717, 1.165) is 5.92 Å². The van der Waals surface area contributed by atoms with Gasteiger partial charge in [-0.15, -0.1) is 0 Å². The lowest BCUT2D eigenvalue weighted by Gasteiger charge is -2.10. The third-order valence-corrected chi connectivity index (χ3v) is 4.85. The Morgan fingerprint density at radius 1 is 0.429 bits per heavy atom. The van der Waals surface area contributed by atoms with Crippen LogP contribution in [-0.2, 0) is 0 Å². The Balaban J connectivity index is 3.02. The minimum atomic E-state index is 0.970. The minimum Gasteiger partial charge on any atom is -0.0654 e. The Morgan fingerprint density at radius 3 is 1.19 bits per heavy atom. The van der Waals surface area contributed by atoms with Gasteiger partial charge in [0.05, 0.1) is 0 Å². The molecule has 1 atom stereocenters. The summed E-state index contributed by atoms with van der Waals surface area (Å²) in [7, 11) is 0. The van der Waals surface area contributed by atoms with E-state index in [0.29, 0.717) is 0 Å². The molecule has 0 aliphatic heterocycles. The summed E-state index contributed by atoms with van der Waals surface area (Å²) in [5.74, 6) is 0.970. The number of hydrogen-bond donors (Lipinski definition) is 0. The highest BCUT2D eigenvalue weighted by Gasteiger charge is 2.01. The van der Waals surface area contributed by atoms with Crippen molar-refractivity contribution < 1.29 is 0 Å². The zero-order valence-corrected chi connectivity index (χ0v) is 15.6. The van der Waals surface area contributed by atoms with Crippen molar-refractivity contribution in [2.24, 2.45) is 5.92 Å². The van der Waals surface area contributed by atoms with Crippen LogP contribution in [-0.4, -0.2) is 0 Å². The first-order chi connectivity index (χ1) is 10.3. The van der Waals surface area contributed by atoms with Crippen LogP contribution in [0.1, 0.15) is 130 Å². The topological polar surface area (TPSA) is 0 Å². The van der Waals surface area contributed by atoms with Crippen LogP contribution in [0.15, 0.2) is 0 Å². The van der Waals surface area contributed by atoms with Crippen molar-refractivity contribution in [3.05, 3.63) is 0 Å². The highest BCUT2D eigenvalue weighted by molar-refractivity contribution is 4.54. The average molecular weight is 297 g/mol. The molecule has 0 heteroatoms. The molecule has 0 saturated heterocycles. The fourth-order valence-electron chi connectivity index (χ4n) is 3.21. The molecule has 0 bridgehead atoms. The fourth-order valence-corrected chi connectivity index (χ4v) is 3.21. The maximum atomic E-state index is 2.44. The molecular formula is C21H44. The van der Waals surface area contributed by atoms with Crippen LogP contribution in [0.3, 0.4) is 0 Å². The third kappa shape index (κ3) is 18.0. The van der Waals surface area contributed by atoms with Crippen molar-refractivity contribution >= 4 is 0 Å². The minimum absolute atomic E-state index is 0.970. The van der Waals surface area contributed by atoms with Crippen LogP contribution in [0, 0.1) is 5.92 Å². The molecule has 0 spiro atoms. The number of rotatable bonds is 17. The zero-order valence-electron chi connectivity index (χ0n) is 15.6. The number of hydrogen-bond acceptors (Lipinski definition) is 0. The molecule has 0 N–H and O–H groups in total. The van der Waals surface area contributed by atoms with Crippen molar-refractivity contribution in [1.82, 2.24) is 0 Å². The van der Waals surface area contributed by atoms with Crippen molar-refractivity contribution in [2.45, 2.75) is 130 Å². The van der Waals surface area contributed by atoms with E-state index in [1.807, 2.05) is 0 Å². The molecule has 0 unspecified atom stereocenters. The van der Waals surface area contributed by atoms with E-state index in [4.69, 9.17) is 0 Å². The summed E-state index contributed by atoms with van der Waals surface area (Å²) in [4.78, 5) is 0. The van der Waals surface area contributed by atoms with Gasteiger partial charge in [-0.25, -0.2) is 0 Å². The maximum Gasteiger partial charge on any atom is -0.0443 e. The highest BCUT2D eigenvalue weighted by Crippen LogP contribution is 2.17. The van der Waals surface area contributed by atoms with Crippen molar-refractivity contribution in [3.8, 4) is 0 Å². The predicted molar refractivity (Wildman–Crippen MR) is 99.0 cm³/mol. The van der Waals surface area contributed by atoms with E-state index >= 15 is 0 Å². The monoisotopic (exact) mass is 296 g/mol. The second kappa shape index (κ2) is 18.1. The molecule has 0 radical (unpaired) electrons. The Hall–Kier alpha value is 0. The predicted octanol–water partition coefficient (Wildman–Crippen LogP) is 8.29. The molecule has 0 aromatic rings. The van der Waals surface area contributed by atoms with Gasteiger partial charge < -0.3 is 0 Å². The fraction of sp³-hybridized carbons (Fsp3) is 1.00. The van der Waals surface area contributed by atoms with Gasteiger partial charge in [0.1, 0.15) is 0 Å². The average Bonchev–Trinajstić information content (AvgIpc) is 2.49. The van der Waals surface area contributed by atoms with Crippen molar-refractivity contribution in [1.29, 1.82) is 0 Å². The van der Waals surface area contributed by atoms with Gasteiger partial charge in [-0.3, -0.25) is 0 Å². The summed E-state index contributed by atoms with van der Waals surface area (Å²) >= 11 is 0. The van der Waals surface area contributed by atoms with Crippen LogP contribution < -0.4 is 0 Å². The van der Waals surface area contributed by atoms with E-state index in [1.54, 1.807) is 0 Å². The van der Waals surface area contributed by atoms with Crippen LogP contribution in [0.5, 0.6) is 0 Å². The van der Waals surface area contributed by atoms with Crippen LogP contribution >= 0.6 is 0 Å². The lowest BCUT2D eigenvalue weighted by molar-refractivity contribution is 0.440. The molecule has 0 saturated carbocycles. The molecule has 0 rings (SSSR count). The molecule has 0 amide bonds. The Labute approximate surface area is 136 Å². The third-order valence-electron chi connectivity index (χ3n) is 4.85. The second-order valence-corrected chi connectivity index (χ2v) is 7.28. The first kappa shape index (κ1) is 21.0. The molecule has 0 aliphatic rings. The van der Waals surface area contributed by atoms with Gasteiger partial charge in [0.25, 0.3) is 0 Å². The SMILES string of the molecule is CCCCCCCCCCCCCCC[C@@H](C)CCCC. The summed E-state index contributed by atoms with van der Waals surface area (Å²) in [6, 6.07) is 0. The van der Waals surface area contributed by atoms with Crippen molar-refractivity contribution in [2.75, 3.05) is 0 Å². The first-order valence-electron chi connectivity index (χ1n) is 10.3. The van der Waals surface area contributed by atoms with Gasteiger partial charge in [0.2, 0.25) is 0 Å². The standard InChI is InChI=1S/C21H44/c1-4-6-8-9-10-11-12-13-14-15-16-17-18-20-21(3)19-7-5-2/h21H,4-20H2,1-3H3/t21-/m0/s1. The van der Waals surface area contributed by atoms with E-state index in [-0.39, 0.29) is 0 Å². The molecule has 0 aromatic carbocycles. The van der Waals surface area contributed by atoms with Gasteiger partial charge in [-0.2, -0.15) is 0 Å². The van der Waals surface area contributed by atoms with Gasteiger partial charge in [-0.1, -0.05) is 130 Å². The highest BCUT2D eigenvalue weighted by atomic mass is 14.1. The Bertz CT molecular complexity index is 173. The summed E-state index contributed by atoms with van der Waals surface area (Å²) in [5.41, 5.74) is 0. The van der Waals surface area contributed by atoms with Gasteiger partial charge in [0.15, 0.2) is 0 Å². The molecule has 0 nitrogen and oxygen atoms in total. The molecule has 0 fully saturated rings. The largest absolute Gasteiger partial charge is 0.0654 e.